The highest BCUT2D eigenvalue weighted by Crippen LogP contribution is 2.35. The number of para-hydroxylation sites is 1. The minimum absolute atomic E-state index is 0.0117. The summed E-state index contributed by atoms with van der Waals surface area (Å²) in [5, 5.41) is 0.706. The van der Waals surface area contributed by atoms with Crippen LogP contribution in [0.4, 0.5) is 5.69 Å². The molecule has 1 amide bonds. The van der Waals surface area contributed by atoms with Crippen LogP contribution in [0.25, 0.3) is 6.08 Å². The van der Waals surface area contributed by atoms with Crippen molar-refractivity contribution in [1.82, 2.24) is 4.90 Å². The summed E-state index contributed by atoms with van der Waals surface area (Å²) in [5.74, 6) is -0.0117. The summed E-state index contributed by atoms with van der Waals surface area (Å²) < 4.78 is 0. The Morgan fingerprint density at radius 2 is 1.41 bits per heavy atom. The van der Waals surface area contributed by atoms with Crippen LogP contribution < -0.4 is 0 Å². The van der Waals surface area contributed by atoms with E-state index in [0.717, 1.165) is 16.8 Å². The molecule has 4 heteroatoms. The minimum Gasteiger partial charge on any atom is -0.282 e. The normalized spacial score (nSPS) is 17.0. The molecule has 0 aliphatic carbocycles. The first-order chi connectivity index (χ1) is 13.3. The topological polar surface area (TPSA) is 32.7 Å². The lowest BCUT2D eigenvalue weighted by atomic mass is 10.2. The third-order valence-electron chi connectivity index (χ3n) is 4.15. The largest absolute Gasteiger partial charge is 0.282 e. The van der Waals surface area contributed by atoms with Crippen molar-refractivity contribution in [2.45, 2.75) is 6.54 Å². The second-order valence-corrected chi connectivity index (χ2v) is 7.14. The van der Waals surface area contributed by atoms with E-state index in [9.17, 15) is 4.79 Å². The SMILES string of the molecule is O=C1/C(=C/c2ccccc2)SC(=Nc2ccccc2)N1Cc1ccccc1. The van der Waals surface area contributed by atoms with Gasteiger partial charge in [-0.25, -0.2) is 4.99 Å². The maximum Gasteiger partial charge on any atom is 0.267 e. The molecule has 3 aromatic rings. The first-order valence-corrected chi connectivity index (χ1v) is 9.55. The van der Waals surface area contributed by atoms with Crippen LogP contribution in [-0.4, -0.2) is 16.0 Å². The number of thioether (sulfide) groups is 1. The van der Waals surface area contributed by atoms with Crippen LogP contribution in [0, 0.1) is 0 Å². The molecular weight excluding hydrogens is 352 g/mol. The number of nitrogens with zero attached hydrogens (tertiary/aromatic N) is 2. The minimum atomic E-state index is -0.0117. The van der Waals surface area contributed by atoms with Crippen molar-refractivity contribution in [3.63, 3.8) is 0 Å². The van der Waals surface area contributed by atoms with Gasteiger partial charge in [0.05, 0.1) is 17.1 Å². The zero-order valence-corrected chi connectivity index (χ0v) is 15.5. The predicted molar refractivity (Wildman–Crippen MR) is 113 cm³/mol. The monoisotopic (exact) mass is 370 g/mol. The molecular formula is C23H18N2OS. The van der Waals surface area contributed by atoms with E-state index in [-0.39, 0.29) is 5.91 Å². The number of amidine groups is 1. The van der Waals surface area contributed by atoms with Gasteiger partial charge in [-0.15, -0.1) is 0 Å². The summed E-state index contributed by atoms with van der Waals surface area (Å²) in [6.07, 6.45) is 1.93. The van der Waals surface area contributed by atoms with Gasteiger partial charge in [0.1, 0.15) is 0 Å². The lowest BCUT2D eigenvalue weighted by molar-refractivity contribution is -0.122. The van der Waals surface area contributed by atoms with Crippen LogP contribution in [0.2, 0.25) is 0 Å². The molecule has 0 bridgehead atoms. The summed E-state index contributed by atoms with van der Waals surface area (Å²) in [7, 11) is 0. The quantitative estimate of drug-likeness (QED) is 0.569. The summed E-state index contributed by atoms with van der Waals surface area (Å²) in [5.41, 5.74) is 2.92. The van der Waals surface area contributed by atoms with Gasteiger partial charge in [-0.3, -0.25) is 9.69 Å². The number of hydrogen-bond acceptors (Lipinski definition) is 3. The fourth-order valence-electron chi connectivity index (χ4n) is 2.81. The van der Waals surface area contributed by atoms with E-state index in [1.54, 1.807) is 4.90 Å². The molecule has 27 heavy (non-hydrogen) atoms. The van der Waals surface area contributed by atoms with Gasteiger partial charge in [0.2, 0.25) is 0 Å². The molecule has 3 nitrogen and oxygen atoms in total. The highest BCUT2D eigenvalue weighted by molar-refractivity contribution is 8.18. The Labute approximate surface area is 163 Å². The highest BCUT2D eigenvalue weighted by Gasteiger charge is 2.33. The van der Waals surface area contributed by atoms with Crippen LogP contribution in [0.5, 0.6) is 0 Å². The first kappa shape index (κ1) is 17.3. The van der Waals surface area contributed by atoms with E-state index >= 15 is 0 Å². The van der Waals surface area contributed by atoms with Crippen molar-refractivity contribution < 1.29 is 4.79 Å². The van der Waals surface area contributed by atoms with Gasteiger partial charge in [-0.2, -0.15) is 0 Å². The van der Waals surface area contributed by atoms with E-state index in [4.69, 9.17) is 4.99 Å². The van der Waals surface area contributed by atoms with E-state index in [0.29, 0.717) is 16.6 Å². The Morgan fingerprint density at radius 3 is 2.07 bits per heavy atom. The van der Waals surface area contributed by atoms with Crippen molar-refractivity contribution in [2.24, 2.45) is 4.99 Å². The van der Waals surface area contributed by atoms with Gasteiger partial charge in [0.15, 0.2) is 5.17 Å². The standard InChI is InChI=1S/C23H18N2OS/c26-22-21(16-18-10-4-1-5-11-18)27-23(24-20-14-8-3-9-15-20)25(22)17-19-12-6-2-7-13-19/h1-16H,17H2/b21-16-,24-23?. The van der Waals surface area contributed by atoms with Crippen LogP contribution in [0.1, 0.15) is 11.1 Å². The van der Waals surface area contributed by atoms with Crippen LogP contribution in [0.3, 0.4) is 0 Å². The maximum atomic E-state index is 13.1. The van der Waals surface area contributed by atoms with Crippen molar-refractivity contribution in [3.05, 3.63) is 107 Å². The average Bonchev–Trinajstić information content (AvgIpc) is 2.99. The van der Waals surface area contributed by atoms with Crippen molar-refractivity contribution in [3.8, 4) is 0 Å². The molecule has 1 heterocycles. The molecule has 0 N–H and O–H groups in total. The molecule has 3 aromatic carbocycles. The summed E-state index contributed by atoms with van der Waals surface area (Å²) >= 11 is 1.42. The Hall–Kier alpha value is -3.11. The average molecular weight is 370 g/mol. The lowest BCUT2D eigenvalue weighted by Crippen LogP contribution is -2.28. The zero-order valence-electron chi connectivity index (χ0n) is 14.7. The third-order valence-corrected chi connectivity index (χ3v) is 5.16. The summed E-state index contributed by atoms with van der Waals surface area (Å²) in [4.78, 5) is 20.2. The lowest BCUT2D eigenvalue weighted by Gasteiger charge is -2.15. The van der Waals surface area contributed by atoms with E-state index in [1.165, 1.54) is 11.8 Å². The number of rotatable bonds is 4. The number of benzene rings is 3. The molecule has 0 atom stereocenters. The number of carbonyl (C=O) groups excluding carboxylic acids is 1. The fourth-order valence-corrected chi connectivity index (χ4v) is 3.81. The van der Waals surface area contributed by atoms with Crippen LogP contribution >= 0.6 is 11.8 Å². The van der Waals surface area contributed by atoms with Gasteiger partial charge in [-0.1, -0.05) is 78.9 Å². The van der Waals surface area contributed by atoms with Crippen molar-refractivity contribution in [2.75, 3.05) is 0 Å². The van der Waals surface area contributed by atoms with E-state index in [2.05, 4.69) is 0 Å². The van der Waals surface area contributed by atoms with Gasteiger partial charge in [0, 0.05) is 0 Å². The number of aliphatic imine (C=N–C) groups is 1. The van der Waals surface area contributed by atoms with E-state index in [1.807, 2.05) is 97.1 Å². The second-order valence-electron chi connectivity index (χ2n) is 6.13. The molecule has 1 fully saturated rings. The summed E-state index contributed by atoms with van der Waals surface area (Å²) in [6.45, 7) is 0.504. The van der Waals surface area contributed by atoms with Gasteiger partial charge in [0.25, 0.3) is 5.91 Å². The molecule has 0 unspecified atom stereocenters. The molecule has 132 valence electrons. The Morgan fingerprint density at radius 1 is 0.815 bits per heavy atom. The number of carbonyl (C=O) groups is 1. The molecule has 1 aliphatic rings. The fraction of sp³-hybridized carbons (Fsp3) is 0.0435. The van der Waals surface area contributed by atoms with Gasteiger partial charge < -0.3 is 0 Å². The number of amides is 1. The first-order valence-electron chi connectivity index (χ1n) is 8.74. The Bertz CT molecular complexity index is 983. The van der Waals surface area contributed by atoms with E-state index < -0.39 is 0 Å². The number of hydrogen-bond donors (Lipinski definition) is 0. The molecule has 0 aromatic heterocycles. The van der Waals surface area contributed by atoms with Crippen molar-refractivity contribution in [1.29, 1.82) is 0 Å². The molecule has 4 rings (SSSR count). The third kappa shape index (κ3) is 4.18. The zero-order chi connectivity index (χ0) is 18.5. The molecule has 0 saturated carbocycles. The van der Waals surface area contributed by atoms with Crippen LogP contribution in [0.15, 0.2) is 101 Å². The Kier molecular flexibility index (Phi) is 5.17. The smallest absolute Gasteiger partial charge is 0.267 e. The molecule has 0 radical (unpaired) electrons. The van der Waals surface area contributed by atoms with Gasteiger partial charge in [-0.05, 0) is 41.1 Å². The highest BCUT2D eigenvalue weighted by atomic mass is 32.2. The maximum absolute atomic E-state index is 13.1. The van der Waals surface area contributed by atoms with Crippen molar-refractivity contribution >= 4 is 34.6 Å². The predicted octanol–water partition coefficient (Wildman–Crippen LogP) is 5.49. The van der Waals surface area contributed by atoms with Gasteiger partial charge >= 0.3 is 0 Å². The molecule has 0 spiro atoms. The van der Waals surface area contributed by atoms with Crippen LogP contribution in [-0.2, 0) is 11.3 Å². The molecule has 1 saturated heterocycles. The summed E-state index contributed by atoms with van der Waals surface area (Å²) in [6, 6.07) is 29.6. The second kappa shape index (κ2) is 8.06. The Balaban J connectivity index is 1.69. The molecule has 1 aliphatic heterocycles.